The highest BCUT2D eigenvalue weighted by atomic mass is 127. The van der Waals surface area contributed by atoms with Gasteiger partial charge in [0, 0.05) is 33.4 Å². The Balaban J connectivity index is 0.00000364. The molecule has 154 valence electrons. The van der Waals surface area contributed by atoms with Crippen molar-refractivity contribution in [2.75, 3.05) is 39.9 Å². The number of unbranched alkanes of at least 4 members (excludes halogenated alkanes) is 2. The minimum Gasteiger partial charge on any atom is -0.385 e. The van der Waals surface area contributed by atoms with Crippen molar-refractivity contribution in [1.82, 2.24) is 15.5 Å². The lowest BCUT2D eigenvalue weighted by atomic mass is 10.1. The van der Waals surface area contributed by atoms with Crippen LogP contribution in [-0.2, 0) is 17.8 Å². The lowest BCUT2D eigenvalue weighted by molar-refractivity contribution is 0.192. The summed E-state index contributed by atoms with van der Waals surface area (Å²) >= 11 is 0. The molecule has 0 saturated carbocycles. The number of halogens is 1. The number of benzene rings is 1. The van der Waals surface area contributed by atoms with Crippen LogP contribution in [0.1, 0.15) is 50.2 Å². The molecule has 0 amide bonds. The molecular formula is C21H37IN4O. The molecule has 1 aliphatic rings. The van der Waals surface area contributed by atoms with Crippen LogP contribution >= 0.6 is 24.0 Å². The maximum absolute atomic E-state index is 5.08. The molecule has 27 heavy (non-hydrogen) atoms. The Kier molecular flexibility index (Phi) is 13.5. The monoisotopic (exact) mass is 488 g/mol. The molecule has 2 N–H and O–H groups in total. The van der Waals surface area contributed by atoms with E-state index in [-0.39, 0.29) is 24.0 Å². The van der Waals surface area contributed by atoms with Crippen LogP contribution in [0.25, 0.3) is 0 Å². The van der Waals surface area contributed by atoms with Crippen molar-refractivity contribution >= 4 is 29.9 Å². The molecule has 1 saturated heterocycles. The van der Waals surface area contributed by atoms with Crippen molar-refractivity contribution in [2.24, 2.45) is 4.99 Å². The number of guanidine groups is 1. The molecule has 1 aliphatic heterocycles. The van der Waals surface area contributed by atoms with Crippen molar-refractivity contribution in [3.05, 3.63) is 35.4 Å². The number of aliphatic imine (C=N–C) groups is 1. The molecule has 1 heterocycles. The maximum Gasteiger partial charge on any atom is 0.191 e. The maximum atomic E-state index is 5.08. The minimum absolute atomic E-state index is 0. The third kappa shape index (κ3) is 10.3. The number of hydrogen-bond acceptors (Lipinski definition) is 3. The van der Waals surface area contributed by atoms with Crippen molar-refractivity contribution < 1.29 is 4.74 Å². The molecular weight excluding hydrogens is 451 g/mol. The average molecular weight is 488 g/mol. The summed E-state index contributed by atoms with van der Waals surface area (Å²) in [5, 5.41) is 6.74. The van der Waals surface area contributed by atoms with E-state index in [0.29, 0.717) is 6.54 Å². The van der Waals surface area contributed by atoms with Crippen LogP contribution in [0.4, 0.5) is 0 Å². The fourth-order valence-electron chi connectivity index (χ4n) is 3.22. The van der Waals surface area contributed by atoms with Crippen LogP contribution in [0.3, 0.4) is 0 Å². The van der Waals surface area contributed by atoms with E-state index < -0.39 is 0 Å². The third-order valence-corrected chi connectivity index (χ3v) is 4.71. The SMILES string of the molecule is CCNC(=NCc1ccc(CN2CCCC2)cc1)NCCCCCOC.I. The predicted octanol–water partition coefficient (Wildman–Crippen LogP) is 3.77. The summed E-state index contributed by atoms with van der Waals surface area (Å²) in [6.07, 6.45) is 6.13. The van der Waals surface area contributed by atoms with E-state index in [1.54, 1.807) is 7.11 Å². The number of hydrogen-bond donors (Lipinski definition) is 2. The smallest absolute Gasteiger partial charge is 0.191 e. The number of ether oxygens (including phenoxy) is 1. The minimum atomic E-state index is 0. The first-order valence-electron chi connectivity index (χ1n) is 10.1. The summed E-state index contributed by atoms with van der Waals surface area (Å²) in [6, 6.07) is 8.92. The summed E-state index contributed by atoms with van der Waals surface area (Å²) in [5.41, 5.74) is 2.66. The largest absolute Gasteiger partial charge is 0.385 e. The van der Waals surface area contributed by atoms with Gasteiger partial charge in [0.1, 0.15) is 0 Å². The van der Waals surface area contributed by atoms with E-state index in [1.807, 2.05) is 0 Å². The van der Waals surface area contributed by atoms with E-state index >= 15 is 0 Å². The van der Waals surface area contributed by atoms with Crippen LogP contribution < -0.4 is 10.6 Å². The van der Waals surface area contributed by atoms with Gasteiger partial charge in [0.25, 0.3) is 0 Å². The highest BCUT2D eigenvalue weighted by Crippen LogP contribution is 2.13. The van der Waals surface area contributed by atoms with Gasteiger partial charge in [-0.05, 0) is 63.2 Å². The van der Waals surface area contributed by atoms with E-state index in [4.69, 9.17) is 9.73 Å². The summed E-state index contributed by atoms with van der Waals surface area (Å²) < 4.78 is 5.08. The molecule has 0 bridgehead atoms. The van der Waals surface area contributed by atoms with E-state index in [9.17, 15) is 0 Å². The van der Waals surface area contributed by atoms with Gasteiger partial charge in [0.15, 0.2) is 5.96 Å². The molecule has 1 aromatic rings. The van der Waals surface area contributed by atoms with Crippen molar-refractivity contribution in [3.63, 3.8) is 0 Å². The van der Waals surface area contributed by atoms with Crippen LogP contribution in [0, 0.1) is 0 Å². The second kappa shape index (κ2) is 15.1. The van der Waals surface area contributed by atoms with Crippen LogP contribution in [0.2, 0.25) is 0 Å². The van der Waals surface area contributed by atoms with Crippen molar-refractivity contribution in [3.8, 4) is 0 Å². The third-order valence-electron chi connectivity index (χ3n) is 4.71. The zero-order chi connectivity index (χ0) is 18.5. The number of nitrogens with one attached hydrogen (secondary N) is 2. The Morgan fingerprint density at radius 1 is 1.04 bits per heavy atom. The molecule has 0 atom stereocenters. The standard InChI is InChI=1S/C21H36N4O.HI/c1-3-22-21(23-13-5-4-8-16-26-2)24-17-19-9-11-20(12-10-19)18-25-14-6-7-15-25;/h9-12H,3-8,13-18H2,1-2H3,(H2,22,23,24);1H. The number of nitrogens with zero attached hydrogens (tertiary/aromatic N) is 2. The highest BCUT2D eigenvalue weighted by Gasteiger charge is 2.11. The Morgan fingerprint density at radius 2 is 1.74 bits per heavy atom. The highest BCUT2D eigenvalue weighted by molar-refractivity contribution is 14.0. The first-order valence-corrected chi connectivity index (χ1v) is 10.1. The van der Waals surface area contributed by atoms with Crippen LogP contribution in [0.5, 0.6) is 0 Å². The van der Waals surface area contributed by atoms with Gasteiger partial charge in [-0.3, -0.25) is 4.90 Å². The van der Waals surface area contributed by atoms with Gasteiger partial charge in [0.05, 0.1) is 6.54 Å². The first-order chi connectivity index (χ1) is 12.8. The van der Waals surface area contributed by atoms with Crippen LogP contribution in [0.15, 0.2) is 29.3 Å². The predicted molar refractivity (Wildman–Crippen MR) is 125 cm³/mol. The zero-order valence-corrected chi connectivity index (χ0v) is 19.3. The Hall–Kier alpha value is -0.860. The van der Waals surface area contributed by atoms with E-state index in [2.05, 4.69) is 46.7 Å². The molecule has 6 heteroatoms. The van der Waals surface area contributed by atoms with Crippen molar-refractivity contribution in [2.45, 2.75) is 52.1 Å². The molecule has 1 aromatic carbocycles. The van der Waals surface area contributed by atoms with Gasteiger partial charge >= 0.3 is 0 Å². The van der Waals surface area contributed by atoms with Gasteiger partial charge in [-0.2, -0.15) is 0 Å². The average Bonchev–Trinajstić information content (AvgIpc) is 3.16. The molecule has 0 spiro atoms. The molecule has 0 aliphatic carbocycles. The number of likely N-dealkylation sites (tertiary alicyclic amines) is 1. The lowest BCUT2D eigenvalue weighted by Gasteiger charge is -2.14. The summed E-state index contributed by atoms with van der Waals surface area (Å²) in [5.74, 6) is 0.903. The van der Waals surface area contributed by atoms with Gasteiger partial charge in [-0.15, -0.1) is 24.0 Å². The molecule has 0 unspecified atom stereocenters. The zero-order valence-electron chi connectivity index (χ0n) is 17.0. The van der Waals surface area contributed by atoms with E-state index in [0.717, 1.165) is 45.0 Å². The fraction of sp³-hybridized carbons (Fsp3) is 0.667. The topological polar surface area (TPSA) is 48.9 Å². The Bertz CT molecular complexity index is 515. The quantitative estimate of drug-likeness (QED) is 0.216. The molecule has 2 rings (SSSR count). The Labute approximate surface area is 182 Å². The Morgan fingerprint density at radius 3 is 2.41 bits per heavy atom. The van der Waals surface area contributed by atoms with Gasteiger partial charge in [-0.1, -0.05) is 24.3 Å². The normalized spacial score (nSPS) is 14.8. The number of rotatable bonds is 11. The van der Waals surface area contributed by atoms with Gasteiger partial charge in [-0.25, -0.2) is 4.99 Å². The second-order valence-corrected chi connectivity index (χ2v) is 6.98. The molecule has 5 nitrogen and oxygen atoms in total. The molecule has 1 fully saturated rings. The van der Waals surface area contributed by atoms with Gasteiger partial charge < -0.3 is 15.4 Å². The number of methoxy groups -OCH3 is 1. The van der Waals surface area contributed by atoms with E-state index in [1.165, 1.54) is 43.5 Å². The summed E-state index contributed by atoms with van der Waals surface area (Å²) in [6.45, 7) is 9.06. The lowest BCUT2D eigenvalue weighted by Crippen LogP contribution is -2.37. The first kappa shape index (κ1) is 24.2. The van der Waals surface area contributed by atoms with Crippen LogP contribution in [-0.4, -0.2) is 50.8 Å². The van der Waals surface area contributed by atoms with Crippen molar-refractivity contribution in [1.29, 1.82) is 0 Å². The van der Waals surface area contributed by atoms with Gasteiger partial charge in [0.2, 0.25) is 0 Å². The summed E-state index contributed by atoms with van der Waals surface area (Å²) in [4.78, 5) is 7.24. The fourth-order valence-corrected chi connectivity index (χ4v) is 3.22. The second-order valence-electron chi connectivity index (χ2n) is 6.98. The molecule has 0 radical (unpaired) electrons. The molecule has 0 aromatic heterocycles. The summed E-state index contributed by atoms with van der Waals surface area (Å²) in [7, 11) is 1.76.